The number of imidazole rings is 1. The van der Waals surface area contributed by atoms with Crippen LogP contribution < -0.4 is 4.74 Å². The summed E-state index contributed by atoms with van der Waals surface area (Å²) in [5.41, 5.74) is 2.34. The van der Waals surface area contributed by atoms with Crippen molar-refractivity contribution in [1.29, 1.82) is 0 Å². The summed E-state index contributed by atoms with van der Waals surface area (Å²) in [6, 6.07) is 14.3. The molecule has 33 heavy (non-hydrogen) atoms. The van der Waals surface area contributed by atoms with Crippen molar-refractivity contribution in [3.63, 3.8) is 0 Å². The van der Waals surface area contributed by atoms with Crippen LogP contribution in [-0.4, -0.2) is 9.97 Å². The summed E-state index contributed by atoms with van der Waals surface area (Å²) < 4.78 is 34.9. The van der Waals surface area contributed by atoms with Crippen LogP contribution in [0.25, 0.3) is 22.6 Å². The molecule has 0 spiro atoms. The lowest BCUT2D eigenvalue weighted by Gasteiger charge is -2.31. The van der Waals surface area contributed by atoms with Gasteiger partial charge in [-0.25, -0.2) is 13.8 Å². The molecular weight excluding hydrogens is 465 g/mol. The third kappa shape index (κ3) is 3.97. The molecular formula is C26H16Cl2F2N2O. The summed E-state index contributed by atoms with van der Waals surface area (Å²) in [4.78, 5) is 7.61. The van der Waals surface area contributed by atoms with Gasteiger partial charge in [-0.1, -0.05) is 41.1 Å². The lowest BCUT2D eigenvalue weighted by Crippen LogP contribution is -2.29. The minimum atomic E-state index is -0.804. The average molecular weight is 481 g/mol. The van der Waals surface area contributed by atoms with Gasteiger partial charge in [0.05, 0.1) is 17.0 Å². The first-order valence-electron chi connectivity index (χ1n) is 10.1. The fraction of sp³-hybridized carbons (Fsp3) is 0.115. The Hall–Kier alpha value is -3.33. The number of hydrogen-bond acceptors (Lipinski definition) is 2. The smallest absolute Gasteiger partial charge is 0.145 e. The second-order valence-corrected chi connectivity index (χ2v) is 9.01. The number of benzene rings is 3. The minimum absolute atomic E-state index is 0.113. The van der Waals surface area contributed by atoms with Gasteiger partial charge in [-0.05, 0) is 62.4 Å². The number of H-pyrrole nitrogens is 1. The van der Waals surface area contributed by atoms with Gasteiger partial charge >= 0.3 is 0 Å². The number of rotatable bonds is 1. The summed E-state index contributed by atoms with van der Waals surface area (Å²) >= 11 is 12.1. The molecule has 3 aromatic carbocycles. The number of nitrogens with zero attached hydrogens (tertiary/aromatic N) is 1. The van der Waals surface area contributed by atoms with Crippen molar-refractivity contribution in [1.82, 2.24) is 9.97 Å². The second-order valence-electron chi connectivity index (χ2n) is 8.14. The van der Waals surface area contributed by atoms with Crippen molar-refractivity contribution in [3.8, 4) is 40.2 Å². The Morgan fingerprint density at radius 1 is 0.909 bits per heavy atom. The molecule has 1 N–H and O–H groups in total. The summed E-state index contributed by atoms with van der Waals surface area (Å²) in [7, 11) is 0. The molecule has 1 aliphatic rings. The lowest BCUT2D eigenvalue weighted by molar-refractivity contribution is 0.101. The van der Waals surface area contributed by atoms with E-state index in [1.165, 1.54) is 18.2 Å². The Kier molecular flexibility index (Phi) is 5.16. The fourth-order valence-electron chi connectivity index (χ4n) is 3.82. The molecule has 0 fully saturated rings. The largest absolute Gasteiger partial charge is 0.481 e. The monoisotopic (exact) mass is 480 g/mol. The third-order valence-corrected chi connectivity index (χ3v) is 5.76. The average Bonchev–Trinajstić information content (AvgIpc) is 3.17. The molecule has 0 atom stereocenters. The molecule has 0 saturated heterocycles. The second kappa shape index (κ2) is 7.91. The lowest BCUT2D eigenvalue weighted by atomic mass is 9.94. The van der Waals surface area contributed by atoms with E-state index >= 15 is 0 Å². The highest BCUT2D eigenvalue weighted by atomic mass is 35.5. The highest BCUT2D eigenvalue weighted by molar-refractivity contribution is 6.34. The topological polar surface area (TPSA) is 37.9 Å². The third-order valence-electron chi connectivity index (χ3n) is 5.32. The fourth-order valence-corrected chi connectivity index (χ4v) is 4.35. The van der Waals surface area contributed by atoms with Gasteiger partial charge in [-0.3, -0.25) is 0 Å². The summed E-state index contributed by atoms with van der Waals surface area (Å²) in [5.74, 6) is 5.45. The zero-order chi connectivity index (χ0) is 23.3. The van der Waals surface area contributed by atoms with Gasteiger partial charge in [0.2, 0.25) is 0 Å². The number of aromatic nitrogens is 2. The highest BCUT2D eigenvalue weighted by Gasteiger charge is 2.36. The van der Waals surface area contributed by atoms with Crippen LogP contribution in [0.5, 0.6) is 5.75 Å². The van der Waals surface area contributed by atoms with Crippen LogP contribution in [-0.2, 0) is 5.60 Å². The van der Waals surface area contributed by atoms with Gasteiger partial charge in [0.25, 0.3) is 0 Å². The number of hydrogen-bond donors (Lipinski definition) is 1. The maximum Gasteiger partial charge on any atom is 0.145 e. The van der Waals surface area contributed by atoms with Crippen molar-refractivity contribution >= 4 is 23.2 Å². The molecule has 5 rings (SSSR count). The van der Waals surface area contributed by atoms with E-state index in [1.807, 2.05) is 32.0 Å². The Morgan fingerprint density at radius 2 is 1.58 bits per heavy atom. The van der Waals surface area contributed by atoms with Gasteiger partial charge in [0.1, 0.15) is 28.8 Å². The Labute approximate surface area is 199 Å². The van der Waals surface area contributed by atoms with E-state index in [0.29, 0.717) is 38.3 Å². The molecule has 164 valence electrons. The van der Waals surface area contributed by atoms with Gasteiger partial charge in [0, 0.05) is 26.7 Å². The summed E-state index contributed by atoms with van der Waals surface area (Å²) in [6.45, 7) is 3.72. The summed E-state index contributed by atoms with van der Waals surface area (Å²) in [6.07, 6.45) is 0. The van der Waals surface area contributed by atoms with Crippen LogP contribution in [0.1, 0.15) is 30.7 Å². The van der Waals surface area contributed by atoms with Crippen molar-refractivity contribution < 1.29 is 13.5 Å². The number of ether oxygens (including phenoxy) is 1. The zero-order valence-electron chi connectivity index (χ0n) is 17.6. The van der Waals surface area contributed by atoms with E-state index in [-0.39, 0.29) is 11.4 Å². The van der Waals surface area contributed by atoms with E-state index < -0.39 is 17.2 Å². The first-order valence-corrected chi connectivity index (χ1v) is 10.8. The standard InChI is InChI=1S/C26H16Cl2F2N2O/c1-26(2)24-23(31-25(32-24)22-19(29)4-3-5-20(22)30)18-9-8-14(12-21(18)33-26)6-7-15-10-16(27)13-17(28)11-15/h3-5,8-13H,1-2H3,(H,31,32). The molecule has 1 aromatic heterocycles. The van der Waals surface area contributed by atoms with Crippen LogP contribution in [0.4, 0.5) is 8.78 Å². The van der Waals surface area contributed by atoms with Crippen molar-refractivity contribution in [2.75, 3.05) is 0 Å². The molecule has 0 unspecified atom stereocenters. The van der Waals surface area contributed by atoms with Crippen LogP contribution in [0.15, 0.2) is 54.6 Å². The molecule has 0 aliphatic carbocycles. The Bertz CT molecular complexity index is 1440. The molecule has 4 aromatic rings. The van der Waals surface area contributed by atoms with E-state index in [9.17, 15) is 8.78 Å². The van der Waals surface area contributed by atoms with Gasteiger partial charge in [-0.2, -0.15) is 0 Å². The van der Waals surface area contributed by atoms with Crippen LogP contribution >= 0.6 is 23.2 Å². The Morgan fingerprint density at radius 3 is 2.27 bits per heavy atom. The van der Waals surface area contributed by atoms with Crippen LogP contribution in [0.2, 0.25) is 10.0 Å². The Balaban J connectivity index is 1.58. The van der Waals surface area contributed by atoms with Crippen molar-refractivity contribution in [3.05, 3.63) is 93.1 Å². The predicted molar refractivity (Wildman–Crippen MR) is 125 cm³/mol. The van der Waals surface area contributed by atoms with E-state index in [4.69, 9.17) is 27.9 Å². The SMILES string of the molecule is CC1(C)Oc2cc(C#Cc3cc(Cl)cc(Cl)c3)ccc2-c2nc(-c3c(F)cccc3F)[nH]c21. The molecule has 3 nitrogen and oxygen atoms in total. The zero-order valence-corrected chi connectivity index (χ0v) is 19.1. The minimum Gasteiger partial charge on any atom is -0.481 e. The van der Waals surface area contributed by atoms with Crippen molar-refractivity contribution in [2.24, 2.45) is 0 Å². The number of halogens is 4. The molecule has 1 aliphatic heterocycles. The summed E-state index contributed by atoms with van der Waals surface area (Å²) in [5, 5.41) is 1.02. The number of fused-ring (bicyclic) bond motifs is 3. The number of aromatic amines is 1. The van der Waals surface area contributed by atoms with E-state index in [2.05, 4.69) is 21.8 Å². The molecule has 0 saturated carbocycles. The number of nitrogens with one attached hydrogen (secondary N) is 1. The molecule has 7 heteroatoms. The van der Waals surface area contributed by atoms with Gasteiger partial charge in [-0.15, -0.1) is 0 Å². The molecule has 0 amide bonds. The van der Waals surface area contributed by atoms with Crippen LogP contribution in [0, 0.1) is 23.5 Å². The first-order chi connectivity index (χ1) is 15.7. The van der Waals surface area contributed by atoms with E-state index in [1.54, 1.807) is 18.2 Å². The predicted octanol–water partition coefficient (Wildman–Crippen LogP) is 7.36. The van der Waals surface area contributed by atoms with E-state index in [0.717, 1.165) is 5.56 Å². The highest BCUT2D eigenvalue weighted by Crippen LogP contribution is 2.45. The first kappa shape index (κ1) is 21.5. The molecule has 0 radical (unpaired) electrons. The maximum atomic E-state index is 14.4. The normalized spacial score (nSPS) is 13.4. The van der Waals surface area contributed by atoms with Gasteiger partial charge in [0.15, 0.2) is 0 Å². The van der Waals surface area contributed by atoms with Crippen LogP contribution in [0.3, 0.4) is 0 Å². The van der Waals surface area contributed by atoms with Crippen molar-refractivity contribution in [2.45, 2.75) is 19.4 Å². The maximum absolute atomic E-state index is 14.4. The quantitative estimate of drug-likeness (QED) is 0.289. The van der Waals surface area contributed by atoms with Gasteiger partial charge < -0.3 is 9.72 Å². The molecule has 0 bridgehead atoms. The molecule has 2 heterocycles.